The Morgan fingerprint density at radius 1 is 1.21 bits per heavy atom. The summed E-state index contributed by atoms with van der Waals surface area (Å²) in [6.45, 7) is 2.15. The highest BCUT2D eigenvalue weighted by atomic mass is 79.9. The molecule has 19 heavy (non-hydrogen) atoms. The summed E-state index contributed by atoms with van der Waals surface area (Å²) in [5, 5.41) is 3.37. The minimum Gasteiger partial charge on any atom is -0.389 e. The fourth-order valence-electron chi connectivity index (χ4n) is 1.83. The maximum atomic E-state index is 5.64. The normalized spacial score (nSPS) is 10.2. The van der Waals surface area contributed by atoms with Crippen molar-refractivity contribution in [2.75, 3.05) is 5.32 Å². The van der Waals surface area contributed by atoms with Gasteiger partial charge in [-0.1, -0.05) is 31.3 Å². The van der Waals surface area contributed by atoms with Crippen LogP contribution in [0.3, 0.4) is 0 Å². The average Bonchev–Trinajstić information content (AvgIpc) is 2.38. The Balaban J connectivity index is 2.23. The Labute approximate surface area is 127 Å². The lowest BCUT2D eigenvalue weighted by atomic mass is 10.1. The van der Waals surface area contributed by atoms with Gasteiger partial charge in [0.1, 0.15) is 4.99 Å². The number of thiocarbonyl (C=S) groups is 1. The third-order valence-corrected chi connectivity index (χ3v) is 3.73. The molecule has 0 radical (unpaired) electrons. The van der Waals surface area contributed by atoms with E-state index < -0.39 is 0 Å². The molecular weight excluding hydrogens is 320 g/mol. The Kier molecular flexibility index (Phi) is 4.56. The monoisotopic (exact) mass is 334 g/mol. The van der Waals surface area contributed by atoms with Crippen molar-refractivity contribution in [1.29, 1.82) is 0 Å². The first-order valence-corrected chi connectivity index (χ1v) is 7.25. The van der Waals surface area contributed by atoms with Gasteiger partial charge in [0, 0.05) is 21.4 Å². The Morgan fingerprint density at radius 2 is 1.95 bits per heavy atom. The zero-order chi connectivity index (χ0) is 13.8. The maximum Gasteiger partial charge on any atom is 0.105 e. The Hall–Kier alpha value is -1.39. The number of nitrogens with one attached hydrogen (secondary N) is 1. The highest BCUT2D eigenvalue weighted by Gasteiger charge is 2.04. The molecule has 0 aliphatic rings. The summed E-state index contributed by atoms with van der Waals surface area (Å²) in [6, 6.07) is 14.2. The van der Waals surface area contributed by atoms with Crippen LogP contribution in [0.5, 0.6) is 0 Å². The van der Waals surface area contributed by atoms with E-state index >= 15 is 0 Å². The predicted molar refractivity (Wildman–Crippen MR) is 89.1 cm³/mol. The molecule has 0 heterocycles. The number of benzene rings is 2. The number of hydrogen-bond acceptors (Lipinski definition) is 2. The third kappa shape index (κ3) is 3.55. The average molecular weight is 335 g/mol. The van der Waals surface area contributed by atoms with Gasteiger partial charge in [0.15, 0.2) is 0 Å². The first kappa shape index (κ1) is 14.0. The second-order valence-electron chi connectivity index (χ2n) is 4.24. The Bertz CT molecular complexity index is 611. The molecule has 3 N–H and O–H groups in total. The predicted octanol–water partition coefficient (Wildman–Crippen LogP) is 4.39. The van der Waals surface area contributed by atoms with Crippen LogP contribution in [0.1, 0.15) is 18.1 Å². The molecule has 2 aromatic carbocycles. The lowest BCUT2D eigenvalue weighted by Crippen LogP contribution is -2.10. The highest BCUT2D eigenvalue weighted by molar-refractivity contribution is 9.10. The second kappa shape index (κ2) is 6.17. The van der Waals surface area contributed by atoms with Crippen LogP contribution in [0.25, 0.3) is 0 Å². The molecule has 0 aliphatic heterocycles. The minimum absolute atomic E-state index is 0.395. The van der Waals surface area contributed by atoms with Crippen LogP contribution in [0.2, 0.25) is 0 Å². The van der Waals surface area contributed by atoms with E-state index in [1.807, 2.05) is 18.2 Å². The Morgan fingerprint density at radius 3 is 2.58 bits per heavy atom. The molecule has 0 bridgehead atoms. The molecule has 0 fully saturated rings. The van der Waals surface area contributed by atoms with E-state index in [-0.39, 0.29) is 0 Å². The minimum atomic E-state index is 0.395. The zero-order valence-electron chi connectivity index (χ0n) is 10.6. The van der Waals surface area contributed by atoms with E-state index in [4.69, 9.17) is 18.0 Å². The van der Waals surface area contributed by atoms with Crippen molar-refractivity contribution in [2.45, 2.75) is 13.3 Å². The molecule has 98 valence electrons. The summed E-state index contributed by atoms with van der Waals surface area (Å²) in [5.74, 6) is 0. The van der Waals surface area contributed by atoms with Gasteiger partial charge in [0.05, 0.1) is 0 Å². The summed E-state index contributed by atoms with van der Waals surface area (Å²) in [4.78, 5) is 0.395. The molecule has 0 unspecified atom stereocenters. The van der Waals surface area contributed by atoms with Crippen molar-refractivity contribution in [3.05, 3.63) is 58.1 Å². The van der Waals surface area contributed by atoms with Crippen LogP contribution in [-0.2, 0) is 6.42 Å². The number of hydrogen-bond donors (Lipinski definition) is 2. The van der Waals surface area contributed by atoms with Crippen molar-refractivity contribution in [2.24, 2.45) is 5.73 Å². The molecule has 0 atom stereocenters. The van der Waals surface area contributed by atoms with E-state index in [1.165, 1.54) is 5.56 Å². The molecular formula is C15H15BrN2S. The van der Waals surface area contributed by atoms with Crippen LogP contribution in [0.15, 0.2) is 46.9 Å². The molecule has 2 nitrogen and oxygen atoms in total. The number of nitrogens with two attached hydrogens (primary N) is 1. The van der Waals surface area contributed by atoms with Crippen molar-refractivity contribution in [1.82, 2.24) is 0 Å². The van der Waals surface area contributed by atoms with Crippen LogP contribution >= 0.6 is 28.1 Å². The van der Waals surface area contributed by atoms with Gasteiger partial charge < -0.3 is 11.1 Å². The first-order chi connectivity index (χ1) is 9.10. The summed E-state index contributed by atoms with van der Waals surface area (Å²) in [7, 11) is 0. The van der Waals surface area contributed by atoms with E-state index in [0.29, 0.717) is 4.99 Å². The van der Waals surface area contributed by atoms with Crippen molar-refractivity contribution in [3.63, 3.8) is 0 Å². The fourth-order valence-corrected chi connectivity index (χ4v) is 2.73. The van der Waals surface area contributed by atoms with E-state index in [0.717, 1.165) is 27.8 Å². The van der Waals surface area contributed by atoms with Gasteiger partial charge in [-0.15, -0.1) is 0 Å². The second-order valence-corrected chi connectivity index (χ2v) is 5.53. The summed E-state index contributed by atoms with van der Waals surface area (Å²) >= 11 is 8.46. The molecule has 0 aliphatic carbocycles. The van der Waals surface area contributed by atoms with Crippen LogP contribution < -0.4 is 11.1 Å². The van der Waals surface area contributed by atoms with Crippen molar-refractivity contribution >= 4 is 44.5 Å². The van der Waals surface area contributed by atoms with Crippen LogP contribution in [-0.4, -0.2) is 4.99 Å². The maximum absolute atomic E-state index is 5.64. The lowest BCUT2D eigenvalue weighted by molar-refractivity contribution is 1.14. The summed E-state index contributed by atoms with van der Waals surface area (Å²) < 4.78 is 0.900. The number of aryl methyl sites for hydroxylation is 1. The smallest absolute Gasteiger partial charge is 0.105 e. The van der Waals surface area contributed by atoms with Crippen molar-refractivity contribution in [3.8, 4) is 0 Å². The first-order valence-electron chi connectivity index (χ1n) is 6.05. The van der Waals surface area contributed by atoms with Gasteiger partial charge in [-0.2, -0.15) is 0 Å². The molecule has 4 heteroatoms. The van der Waals surface area contributed by atoms with Gasteiger partial charge in [-0.25, -0.2) is 0 Å². The van der Waals surface area contributed by atoms with Gasteiger partial charge in [0.2, 0.25) is 0 Å². The van der Waals surface area contributed by atoms with E-state index in [1.54, 1.807) is 0 Å². The van der Waals surface area contributed by atoms with Gasteiger partial charge in [-0.05, 0) is 58.2 Å². The molecule has 0 amide bonds. The van der Waals surface area contributed by atoms with Crippen molar-refractivity contribution < 1.29 is 0 Å². The fraction of sp³-hybridized carbons (Fsp3) is 0.133. The van der Waals surface area contributed by atoms with E-state index in [9.17, 15) is 0 Å². The summed E-state index contributed by atoms with van der Waals surface area (Å²) in [5.41, 5.74) is 9.87. The van der Waals surface area contributed by atoms with Gasteiger partial charge in [0.25, 0.3) is 0 Å². The quantitative estimate of drug-likeness (QED) is 0.814. The van der Waals surface area contributed by atoms with E-state index in [2.05, 4.69) is 52.4 Å². The summed E-state index contributed by atoms with van der Waals surface area (Å²) in [6.07, 6.45) is 1.03. The van der Waals surface area contributed by atoms with Crippen LogP contribution in [0, 0.1) is 0 Å². The topological polar surface area (TPSA) is 38.0 Å². The zero-order valence-corrected chi connectivity index (χ0v) is 13.0. The standard InChI is InChI=1S/C15H15BrN2S/c1-2-10-4-3-5-11(8-10)18-12-6-7-13(15(17)19)14(16)9-12/h3-9,18H,2H2,1H3,(H2,17,19). The van der Waals surface area contributed by atoms with Crippen LogP contribution in [0.4, 0.5) is 11.4 Å². The molecule has 0 spiro atoms. The number of halogens is 1. The SMILES string of the molecule is CCc1cccc(Nc2ccc(C(N)=S)c(Br)c2)c1. The number of rotatable bonds is 4. The molecule has 0 saturated carbocycles. The molecule has 0 saturated heterocycles. The molecule has 0 aromatic heterocycles. The number of anilines is 2. The molecule has 2 rings (SSSR count). The lowest BCUT2D eigenvalue weighted by Gasteiger charge is -2.10. The highest BCUT2D eigenvalue weighted by Crippen LogP contribution is 2.24. The largest absolute Gasteiger partial charge is 0.389 e. The third-order valence-electron chi connectivity index (χ3n) is 2.86. The van der Waals surface area contributed by atoms with Gasteiger partial charge in [-0.3, -0.25) is 0 Å². The molecule has 2 aromatic rings. The van der Waals surface area contributed by atoms with Gasteiger partial charge >= 0.3 is 0 Å².